The van der Waals surface area contributed by atoms with Gasteiger partial charge in [0.15, 0.2) is 0 Å². The van der Waals surface area contributed by atoms with E-state index in [1.807, 2.05) is 3.33 Å². The Labute approximate surface area is 228 Å². The van der Waals surface area contributed by atoms with E-state index < -0.39 is 20.1 Å². The van der Waals surface area contributed by atoms with Crippen molar-refractivity contribution in [3.8, 4) is 11.1 Å². The van der Waals surface area contributed by atoms with Crippen molar-refractivity contribution in [3.63, 3.8) is 0 Å². The minimum Gasteiger partial charge on any atom is -0.147 e. The van der Waals surface area contributed by atoms with E-state index in [2.05, 4.69) is 117 Å². The molecule has 4 rings (SSSR count). The third-order valence-corrected chi connectivity index (χ3v) is 34.1. The minimum atomic E-state index is -2.21. The molecular formula is C30H42Cl2HfSi. The molecule has 2 aliphatic carbocycles. The van der Waals surface area contributed by atoms with Crippen molar-refractivity contribution in [2.45, 2.75) is 83.0 Å². The molecule has 1 atom stereocenters. The topological polar surface area (TPSA) is 0 Å². The Bertz CT molecular complexity index is 1120. The first-order chi connectivity index (χ1) is 14.8. The molecule has 1 unspecified atom stereocenters. The van der Waals surface area contributed by atoms with E-state index in [0.29, 0.717) is 9.59 Å². The molecule has 0 saturated carbocycles. The number of benzene rings is 2. The van der Waals surface area contributed by atoms with Gasteiger partial charge in [-0.25, -0.2) is 0 Å². The van der Waals surface area contributed by atoms with E-state index in [1.54, 1.807) is 16.7 Å². The minimum absolute atomic E-state index is 0. The van der Waals surface area contributed by atoms with Crippen LogP contribution in [0.5, 0.6) is 0 Å². The van der Waals surface area contributed by atoms with Crippen molar-refractivity contribution < 1.29 is 20.1 Å². The molecule has 4 heteroatoms. The first kappa shape index (κ1) is 29.8. The van der Waals surface area contributed by atoms with Crippen LogP contribution in [0.15, 0.2) is 57.5 Å². The standard InChI is InChI=1S/C21H25.C7H9.C2H6Si.2ClH.Hf/c1-20(2,3)16-7-9-18-14(12-16)11-15-13-17(21(4,5)6)8-10-19(15)18;1-6-3-4-7(2)5-6;1-3-2;;;/h7-13H,1-6H3;3-4,6H,1-2H3;1-2H3;2*1H;. The molecule has 2 aromatic rings. The Morgan fingerprint density at radius 3 is 1.53 bits per heavy atom. The van der Waals surface area contributed by atoms with E-state index >= 15 is 0 Å². The molecular weight excluding hydrogens is 638 g/mol. The monoisotopic (exact) mass is 680 g/mol. The molecule has 0 saturated heterocycles. The first-order valence-electron chi connectivity index (χ1n) is 12.2. The van der Waals surface area contributed by atoms with Gasteiger partial charge in [-0.3, -0.25) is 0 Å². The van der Waals surface area contributed by atoms with Crippen LogP contribution in [0.4, 0.5) is 0 Å². The van der Waals surface area contributed by atoms with Crippen LogP contribution < -0.4 is 0 Å². The van der Waals surface area contributed by atoms with Crippen molar-refractivity contribution in [1.82, 2.24) is 0 Å². The molecule has 0 heterocycles. The van der Waals surface area contributed by atoms with E-state index in [4.69, 9.17) is 0 Å². The van der Waals surface area contributed by atoms with Crippen molar-refractivity contribution in [2.24, 2.45) is 5.92 Å². The van der Waals surface area contributed by atoms with Crippen molar-refractivity contribution in [1.29, 1.82) is 0 Å². The van der Waals surface area contributed by atoms with E-state index in [0.717, 1.165) is 0 Å². The van der Waals surface area contributed by atoms with Gasteiger partial charge in [-0.1, -0.05) is 0 Å². The largest absolute Gasteiger partial charge is 0.147 e. The molecule has 2 aromatic carbocycles. The molecule has 0 spiro atoms. The third kappa shape index (κ3) is 5.31. The summed E-state index contributed by atoms with van der Waals surface area (Å²) in [5, 5.41) is 0. The van der Waals surface area contributed by atoms with Gasteiger partial charge in [0.25, 0.3) is 0 Å². The van der Waals surface area contributed by atoms with Crippen molar-refractivity contribution in [2.75, 3.05) is 0 Å². The van der Waals surface area contributed by atoms with Gasteiger partial charge in [-0.15, -0.1) is 24.8 Å². The van der Waals surface area contributed by atoms with Crippen molar-refractivity contribution in [3.05, 3.63) is 79.7 Å². The molecule has 0 radical (unpaired) electrons. The Balaban J connectivity index is 0.00000204. The van der Waals surface area contributed by atoms with Gasteiger partial charge in [0.05, 0.1) is 0 Å². The Kier molecular flexibility index (Phi) is 9.23. The number of rotatable bonds is 2. The fraction of sp³-hybridized carbons (Fsp3) is 0.467. The molecule has 34 heavy (non-hydrogen) atoms. The molecule has 0 amide bonds. The van der Waals surface area contributed by atoms with Crippen molar-refractivity contribution >= 4 is 30.3 Å². The van der Waals surface area contributed by atoms with Crippen LogP contribution in [-0.4, -0.2) is 5.49 Å². The van der Waals surface area contributed by atoms with Gasteiger partial charge in [0, 0.05) is 0 Å². The van der Waals surface area contributed by atoms with Gasteiger partial charge < -0.3 is 0 Å². The Hall–Kier alpha value is -0.413. The third-order valence-electron chi connectivity index (χ3n) is 7.38. The molecule has 0 fully saturated rings. The molecule has 0 aromatic heterocycles. The smallest absolute Gasteiger partial charge is 0.147 e. The van der Waals surface area contributed by atoms with Crippen LogP contribution in [0.1, 0.15) is 81.3 Å². The maximum absolute atomic E-state index is 2.62. The molecule has 2 aliphatic rings. The summed E-state index contributed by atoms with van der Waals surface area (Å²) in [6.07, 6.45) is 4.89. The average Bonchev–Trinajstić information content (AvgIpc) is 3.18. The zero-order chi connectivity index (χ0) is 23.6. The van der Waals surface area contributed by atoms with Gasteiger partial charge in [-0.2, -0.15) is 0 Å². The summed E-state index contributed by atoms with van der Waals surface area (Å²) >= 11 is -2.21. The van der Waals surface area contributed by atoms with Gasteiger partial charge in [-0.05, 0) is 0 Å². The second-order valence-corrected chi connectivity index (χ2v) is 36.4. The maximum Gasteiger partial charge on any atom is -0.147 e. The second kappa shape index (κ2) is 10.5. The summed E-state index contributed by atoms with van der Waals surface area (Å²) in [6.45, 7) is 24.2. The maximum atomic E-state index is 2.62. The van der Waals surface area contributed by atoms with Gasteiger partial charge in [0.1, 0.15) is 0 Å². The number of hydrogen-bond donors (Lipinski definition) is 0. The second-order valence-electron chi connectivity index (χ2n) is 12.2. The summed E-state index contributed by atoms with van der Waals surface area (Å²) in [6, 6.07) is 14.9. The normalized spacial score (nSPS) is 17.2. The first-order valence-corrected chi connectivity index (χ1v) is 23.9. The summed E-state index contributed by atoms with van der Waals surface area (Å²) < 4.78 is 2.57. The fourth-order valence-corrected chi connectivity index (χ4v) is 33.7. The predicted octanol–water partition coefficient (Wildman–Crippen LogP) is 9.54. The molecule has 0 aliphatic heterocycles. The predicted molar refractivity (Wildman–Crippen MR) is 154 cm³/mol. The summed E-state index contributed by atoms with van der Waals surface area (Å²) in [5.74, 6) is 0.640. The van der Waals surface area contributed by atoms with Crippen LogP contribution in [0, 0.1) is 5.92 Å². The SMILES string of the molecule is CC1=[C]([Hf]([CH]2c3cc(C(C)(C)C)ccc3-c3ccc(C(C)(C)C)cc32)=[Si](C)C)C(C)C=C1.Cl.Cl. The average molecular weight is 680 g/mol. The number of allylic oxidation sites excluding steroid dienone is 4. The summed E-state index contributed by atoms with van der Waals surface area (Å²) in [7, 11) is 0. The quantitative estimate of drug-likeness (QED) is 0.278. The number of fused-ring (bicyclic) bond motifs is 3. The van der Waals surface area contributed by atoms with Crippen LogP contribution >= 0.6 is 24.8 Å². The fourth-order valence-electron chi connectivity index (χ4n) is 5.51. The summed E-state index contributed by atoms with van der Waals surface area (Å²) in [4.78, 5) is 0. The number of halogens is 2. The van der Waals surface area contributed by atoms with Crippen LogP contribution in [0.3, 0.4) is 0 Å². The number of hydrogen-bond acceptors (Lipinski definition) is 0. The molecule has 0 nitrogen and oxygen atoms in total. The van der Waals surface area contributed by atoms with Crippen LogP contribution in [-0.2, 0) is 30.9 Å². The Morgan fingerprint density at radius 2 is 1.21 bits per heavy atom. The zero-order valence-electron chi connectivity index (χ0n) is 22.6. The zero-order valence-corrected chi connectivity index (χ0v) is 28.8. The van der Waals surface area contributed by atoms with E-state index in [-0.39, 0.29) is 41.1 Å². The van der Waals surface area contributed by atoms with E-state index in [9.17, 15) is 0 Å². The van der Waals surface area contributed by atoms with Gasteiger partial charge >= 0.3 is 205 Å². The molecule has 184 valence electrons. The van der Waals surface area contributed by atoms with Crippen LogP contribution in [0.2, 0.25) is 13.1 Å². The summed E-state index contributed by atoms with van der Waals surface area (Å²) in [5.41, 5.74) is 10.9. The Morgan fingerprint density at radius 1 is 0.765 bits per heavy atom. The van der Waals surface area contributed by atoms with E-state index in [1.165, 1.54) is 22.3 Å². The van der Waals surface area contributed by atoms with Crippen LogP contribution in [0.25, 0.3) is 11.1 Å². The van der Waals surface area contributed by atoms with Gasteiger partial charge in [0.2, 0.25) is 0 Å². The molecule has 0 N–H and O–H groups in total. The molecule has 0 bridgehead atoms.